The molecule has 0 bridgehead atoms. The van der Waals surface area contributed by atoms with Crippen LogP contribution in [-0.2, 0) is 20.7 Å². The van der Waals surface area contributed by atoms with Crippen molar-refractivity contribution in [2.75, 3.05) is 13.2 Å². The number of benzene rings is 2. The summed E-state index contributed by atoms with van der Waals surface area (Å²) in [6.45, 7) is 1.48. The highest BCUT2D eigenvalue weighted by atomic mass is 19.1. The van der Waals surface area contributed by atoms with Gasteiger partial charge in [0, 0.05) is 0 Å². The maximum Gasteiger partial charge on any atom is 0.224 e. The van der Waals surface area contributed by atoms with E-state index in [1.54, 1.807) is 30.3 Å². The second-order valence-electron chi connectivity index (χ2n) is 6.54. The number of aliphatic hydroxyl groups is 1. The molecule has 0 aromatic heterocycles. The van der Waals surface area contributed by atoms with Gasteiger partial charge in [-0.3, -0.25) is 4.79 Å². The average Bonchev–Trinajstić information content (AvgIpc) is 2.52. The molecule has 4 nitrogen and oxygen atoms in total. The van der Waals surface area contributed by atoms with Gasteiger partial charge in [-0.15, -0.1) is 0 Å². The molecular weight excluding hydrogens is 328 g/mol. The number of ether oxygens (including phenoxy) is 1. The van der Waals surface area contributed by atoms with E-state index < -0.39 is 28.7 Å². The van der Waals surface area contributed by atoms with Gasteiger partial charge >= 0.3 is 0 Å². The average molecular weight is 347 g/mol. The van der Waals surface area contributed by atoms with Crippen LogP contribution in [0.15, 0.2) is 48.5 Å². The fraction of sp³-hybridized carbons (Fsp3) is 0.316. The largest absolute Gasteiger partial charge is 0.385 e. The lowest BCUT2D eigenvalue weighted by molar-refractivity contribution is -0.138. The van der Waals surface area contributed by atoms with Crippen LogP contribution in [0.1, 0.15) is 24.5 Å². The molecule has 0 saturated carbocycles. The standard InChI is InChI=1S/C19H19F2NO3/c1-18(24,13-6-3-2-4-7-13)10-16(23)22-19(11-25-12-19)17-14(20)8-5-9-15(17)21/h2-9,24H,10-12H2,1H3,(H,22,23). The Morgan fingerprint density at radius 3 is 2.28 bits per heavy atom. The Morgan fingerprint density at radius 1 is 1.16 bits per heavy atom. The molecule has 2 aromatic rings. The summed E-state index contributed by atoms with van der Waals surface area (Å²) in [4.78, 5) is 12.5. The third kappa shape index (κ3) is 3.41. The molecule has 1 fully saturated rings. The van der Waals surface area contributed by atoms with Crippen molar-refractivity contribution in [1.29, 1.82) is 0 Å². The number of carbonyl (C=O) groups is 1. The van der Waals surface area contributed by atoms with Crippen LogP contribution in [0.5, 0.6) is 0 Å². The van der Waals surface area contributed by atoms with Crippen molar-refractivity contribution < 1.29 is 23.4 Å². The van der Waals surface area contributed by atoms with E-state index in [4.69, 9.17) is 4.74 Å². The lowest BCUT2D eigenvalue weighted by atomic mass is 9.85. The minimum atomic E-state index is -1.40. The van der Waals surface area contributed by atoms with Gasteiger partial charge < -0.3 is 15.2 Å². The molecule has 1 aliphatic rings. The number of amides is 1. The molecule has 3 rings (SSSR count). The first-order valence-electron chi connectivity index (χ1n) is 7.95. The minimum absolute atomic E-state index is 0.0237. The lowest BCUT2D eigenvalue weighted by Crippen LogP contribution is -2.60. The number of carbonyl (C=O) groups excluding carboxylic acids is 1. The highest BCUT2D eigenvalue weighted by molar-refractivity contribution is 5.78. The van der Waals surface area contributed by atoms with Gasteiger partial charge in [-0.2, -0.15) is 0 Å². The normalized spacial score (nSPS) is 18.1. The molecule has 2 aromatic carbocycles. The number of rotatable bonds is 5. The van der Waals surface area contributed by atoms with E-state index >= 15 is 0 Å². The van der Waals surface area contributed by atoms with Gasteiger partial charge in [-0.25, -0.2) is 8.78 Å². The molecule has 25 heavy (non-hydrogen) atoms. The Hall–Kier alpha value is -2.31. The first-order valence-corrected chi connectivity index (χ1v) is 7.95. The van der Waals surface area contributed by atoms with Crippen LogP contribution in [0.2, 0.25) is 0 Å². The molecule has 2 N–H and O–H groups in total. The van der Waals surface area contributed by atoms with E-state index in [-0.39, 0.29) is 25.2 Å². The summed E-state index contributed by atoms with van der Waals surface area (Å²) in [7, 11) is 0. The van der Waals surface area contributed by atoms with Gasteiger partial charge in [0.25, 0.3) is 0 Å². The Morgan fingerprint density at radius 2 is 1.76 bits per heavy atom. The van der Waals surface area contributed by atoms with E-state index in [0.717, 1.165) is 12.1 Å². The molecular formula is C19H19F2NO3. The minimum Gasteiger partial charge on any atom is -0.385 e. The second kappa shape index (κ2) is 6.54. The molecule has 1 aliphatic heterocycles. The Kier molecular flexibility index (Phi) is 4.58. The maximum absolute atomic E-state index is 14.1. The molecule has 1 unspecified atom stereocenters. The van der Waals surface area contributed by atoms with Crippen LogP contribution in [0, 0.1) is 11.6 Å². The highest BCUT2D eigenvalue weighted by Crippen LogP contribution is 2.34. The number of hydrogen-bond donors (Lipinski definition) is 2. The number of nitrogens with one attached hydrogen (secondary N) is 1. The molecule has 1 heterocycles. The van der Waals surface area contributed by atoms with Crippen molar-refractivity contribution in [1.82, 2.24) is 5.32 Å². The van der Waals surface area contributed by atoms with Crippen molar-refractivity contribution in [2.24, 2.45) is 0 Å². The quantitative estimate of drug-likeness (QED) is 0.874. The number of halogens is 2. The summed E-state index contributed by atoms with van der Waals surface area (Å²) in [6.07, 6.45) is -0.241. The predicted octanol–water partition coefficient (Wildman–Crippen LogP) is 2.60. The van der Waals surface area contributed by atoms with Crippen LogP contribution >= 0.6 is 0 Å². The maximum atomic E-state index is 14.1. The summed E-state index contributed by atoms with van der Waals surface area (Å²) in [5.74, 6) is -1.99. The second-order valence-corrected chi connectivity index (χ2v) is 6.54. The molecule has 0 aliphatic carbocycles. The summed E-state index contributed by atoms with van der Waals surface area (Å²) >= 11 is 0. The van der Waals surface area contributed by atoms with Crippen LogP contribution in [0.4, 0.5) is 8.78 Å². The highest BCUT2D eigenvalue weighted by Gasteiger charge is 2.46. The zero-order valence-corrected chi connectivity index (χ0v) is 13.8. The topological polar surface area (TPSA) is 58.6 Å². The zero-order chi connectivity index (χ0) is 18.1. The predicted molar refractivity (Wildman–Crippen MR) is 87.6 cm³/mol. The summed E-state index contributed by atoms with van der Waals surface area (Å²) < 4.78 is 33.4. The monoisotopic (exact) mass is 347 g/mol. The van der Waals surface area contributed by atoms with Gasteiger partial charge in [0.15, 0.2) is 0 Å². The molecule has 1 saturated heterocycles. The lowest BCUT2D eigenvalue weighted by Gasteiger charge is -2.43. The van der Waals surface area contributed by atoms with Gasteiger partial charge in [0.05, 0.1) is 30.8 Å². The Balaban J connectivity index is 1.80. The smallest absolute Gasteiger partial charge is 0.224 e. The van der Waals surface area contributed by atoms with E-state index in [2.05, 4.69) is 5.32 Å². The van der Waals surface area contributed by atoms with Crippen LogP contribution in [-0.4, -0.2) is 24.2 Å². The van der Waals surface area contributed by atoms with Gasteiger partial charge in [0.1, 0.15) is 17.2 Å². The van der Waals surface area contributed by atoms with Gasteiger partial charge in [-0.05, 0) is 24.6 Å². The Bertz CT molecular complexity index is 753. The molecule has 1 atom stereocenters. The molecule has 0 spiro atoms. The third-order valence-corrected chi connectivity index (χ3v) is 4.42. The fourth-order valence-corrected chi connectivity index (χ4v) is 3.06. The molecule has 1 amide bonds. The molecule has 132 valence electrons. The number of hydrogen-bond acceptors (Lipinski definition) is 3. The first kappa shape index (κ1) is 17.5. The van der Waals surface area contributed by atoms with Crippen molar-refractivity contribution >= 4 is 5.91 Å². The Labute approximate surface area is 144 Å². The van der Waals surface area contributed by atoms with E-state index in [1.165, 1.54) is 13.0 Å². The summed E-state index contributed by atoms with van der Waals surface area (Å²) in [5.41, 5.74) is -2.28. The van der Waals surface area contributed by atoms with Crippen molar-refractivity contribution in [3.8, 4) is 0 Å². The van der Waals surface area contributed by atoms with Crippen LogP contribution in [0.3, 0.4) is 0 Å². The first-order chi connectivity index (χ1) is 11.8. The summed E-state index contributed by atoms with van der Waals surface area (Å²) in [5, 5.41) is 13.2. The van der Waals surface area contributed by atoms with Gasteiger partial charge in [-0.1, -0.05) is 36.4 Å². The van der Waals surface area contributed by atoms with Gasteiger partial charge in [0.2, 0.25) is 5.91 Å². The summed E-state index contributed by atoms with van der Waals surface area (Å²) in [6, 6.07) is 12.3. The SMILES string of the molecule is CC(O)(CC(=O)NC1(c2c(F)cccc2F)COC1)c1ccccc1. The third-order valence-electron chi connectivity index (χ3n) is 4.42. The van der Waals surface area contributed by atoms with E-state index in [0.29, 0.717) is 5.56 Å². The van der Waals surface area contributed by atoms with Crippen molar-refractivity contribution in [2.45, 2.75) is 24.5 Å². The van der Waals surface area contributed by atoms with Crippen LogP contribution in [0.25, 0.3) is 0 Å². The molecule has 0 radical (unpaired) electrons. The van der Waals surface area contributed by atoms with E-state index in [1.807, 2.05) is 0 Å². The van der Waals surface area contributed by atoms with Crippen LogP contribution < -0.4 is 5.32 Å². The van der Waals surface area contributed by atoms with Crippen molar-refractivity contribution in [3.63, 3.8) is 0 Å². The zero-order valence-electron chi connectivity index (χ0n) is 13.8. The van der Waals surface area contributed by atoms with E-state index in [9.17, 15) is 18.7 Å². The molecule has 6 heteroatoms. The van der Waals surface area contributed by atoms with Crippen molar-refractivity contribution in [3.05, 3.63) is 71.3 Å². The fourth-order valence-electron chi connectivity index (χ4n) is 3.06.